The smallest absolute Gasteiger partial charge is 0.259 e. The Morgan fingerprint density at radius 2 is 2.04 bits per heavy atom. The second-order valence-electron chi connectivity index (χ2n) is 6.90. The number of aromatic nitrogens is 1. The maximum atomic E-state index is 13.1. The summed E-state index contributed by atoms with van der Waals surface area (Å²) in [6.07, 6.45) is 5.12. The summed E-state index contributed by atoms with van der Waals surface area (Å²) in [5, 5.41) is 14.5. The number of hydrogen-bond donors (Lipinski definition) is 3. The van der Waals surface area contributed by atoms with Gasteiger partial charge in [0.05, 0.1) is 5.03 Å². The van der Waals surface area contributed by atoms with E-state index in [1.807, 2.05) is 19.2 Å². The molecule has 1 fully saturated rings. The van der Waals surface area contributed by atoms with E-state index in [0.29, 0.717) is 33.1 Å². The average Bonchev–Trinajstić information content (AvgIpc) is 3.50. The van der Waals surface area contributed by atoms with Gasteiger partial charge in [-0.1, -0.05) is 12.6 Å². The summed E-state index contributed by atoms with van der Waals surface area (Å²) >= 11 is 1.43. The summed E-state index contributed by atoms with van der Waals surface area (Å²) in [5.41, 5.74) is 2.95. The van der Waals surface area contributed by atoms with Crippen LogP contribution in [-0.4, -0.2) is 29.0 Å². The minimum atomic E-state index is -0.204. The number of carbonyl (C=O) groups excluding carboxylic acids is 1. The van der Waals surface area contributed by atoms with E-state index in [-0.39, 0.29) is 17.5 Å². The third-order valence-electron chi connectivity index (χ3n) is 4.81. The first-order chi connectivity index (χ1) is 13.3. The molecular weight excluding hydrogens is 372 g/mol. The number of thioether (sulfide) groups is 1. The van der Waals surface area contributed by atoms with Crippen LogP contribution in [0.5, 0.6) is 0 Å². The first-order valence-corrected chi connectivity index (χ1v) is 10.2. The van der Waals surface area contributed by atoms with Crippen molar-refractivity contribution in [2.45, 2.75) is 25.8 Å². The average molecular weight is 397 g/mol. The maximum Gasteiger partial charge on any atom is 0.259 e. The number of anilines is 1. The Bertz CT molecular complexity index is 1020. The van der Waals surface area contributed by atoms with Crippen LogP contribution in [-0.2, 0) is 7.05 Å². The van der Waals surface area contributed by atoms with Crippen molar-refractivity contribution in [1.82, 2.24) is 9.88 Å². The van der Waals surface area contributed by atoms with Crippen LogP contribution >= 0.6 is 11.8 Å². The van der Waals surface area contributed by atoms with Crippen LogP contribution in [0, 0.1) is 12.3 Å². The van der Waals surface area contributed by atoms with E-state index >= 15 is 0 Å². The molecule has 1 aromatic carbocycles. The molecule has 0 unspecified atom stereocenters. The molecule has 0 radical (unpaired) electrons. The molecule has 1 amide bonds. The maximum absolute atomic E-state index is 13.1. The molecule has 2 aromatic rings. The highest BCUT2D eigenvalue weighted by Gasteiger charge is 2.24. The van der Waals surface area contributed by atoms with E-state index in [0.717, 1.165) is 18.4 Å². The molecule has 3 N–H and O–H groups in total. The Balaban J connectivity index is 2.09. The lowest BCUT2D eigenvalue weighted by molar-refractivity contribution is 0.0951. The first-order valence-electron chi connectivity index (χ1n) is 9.02. The standard InChI is InChI=1S/C21H24N4O2S/c1-12-5-6-14(20(26)24-16-7-8-16)9-17(12)18-10-15(11-22)19(23-13(2)28-4)25(3)21(18)27/h5-6,9-11,16,22-23H,2,7-8H2,1,3-4H3,(H,24,26). The van der Waals surface area contributed by atoms with Crippen LogP contribution in [0.2, 0.25) is 0 Å². The number of nitrogens with zero attached hydrogens (tertiary/aromatic N) is 1. The molecule has 1 aliphatic carbocycles. The highest BCUT2D eigenvalue weighted by Crippen LogP contribution is 2.27. The molecule has 0 spiro atoms. The SMILES string of the molecule is C=C(Nc1c(C=N)cc(-c2cc(C(=O)NC3CC3)ccc2C)c(=O)n1C)SC. The molecule has 1 aliphatic rings. The summed E-state index contributed by atoms with van der Waals surface area (Å²) in [5.74, 6) is 0.394. The Labute approximate surface area is 168 Å². The summed E-state index contributed by atoms with van der Waals surface area (Å²) in [7, 11) is 1.66. The number of aryl methyl sites for hydroxylation is 1. The van der Waals surface area contributed by atoms with Crippen molar-refractivity contribution in [2.75, 3.05) is 11.6 Å². The quantitative estimate of drug-likeness (QED) is 0.625. The van der Waals surface area contributed by atoms with Gasteiger partial charge in [0.15, 0.2) is 0 Å². The van der Waals surface area contributed by atoms with Crippen LogP contribution < -0.4 is 16.2 Å². The molecule has 7 heteroatoms. The zero-order valence-corrected chi connectivity index (χ0v) is 17.1. The molecule has 1 aromatic heterocycles. The highest BCUT2D eigenvalue weighted by molar-refractivity contribution is 8.02. The lowest BCUT2D eigenvalue weighted by Crippen LogP contribution is -2.26. The zero-order chi connectivity index (χ0) is 20.4. The second kappa shape index (κ2) is 8.06. The van der Waals surface area contributed by atoms with E-state index < -0.39 is 0 Å². The molecule has 146 valence electrons. The van der Waals surface area contributed by atoms with E-state index in [4.69, 9.17) is 5.41 Å². The molecule has 28 heavy (non-hydrogen) atoms. The van der Waals surface area contributed by atoms with Gasteiger partial charge in [-0.15, -0.1) is 11.8 Å². The van der Waals surface area contributed by atoms with Gasteiger partial charge in [0.2, 0.25) is 0 Å². The lowest BCUT2D eigenvalue weighted by atomic mass is 9.97. The monoisotopic (exact) mass is 396 g/mol. The zero-order valence-electron chi connectivity index (χ0n) is 16.3. The second-order valence-corrected chi connectivity index (χ2v) is 7.80. The van der Waals surface area contributed by atoms with Crippen molar-refractivity contribution in [1.29, 1.82) is 5.41 Å². The van der Waals surface area contributed by atoms with E-state index in [9.17, 15) is 9.59 Å². The molecule has 1 heterocycles. The van der Waals surface area contributed by atoms with Crippen LogP contribution in [0.3, 0.4) is 0 Å². The van der Waals surface area contributed by atoms with Gasteiger partial charge in [-0.3, -0.25) is 14.2 Å². The van der Waals surface area contributed by atoms with Gasteiger partial charge in [-0.2, -0.15) is 0 Å². The Hall–Kier alpha value is -2.80. The van der Waals surface area contributed by atoms with Crippen LogP contribution in [0.4, 0.5) is 5.82 Å². The van der Waals surface area contributed by atoms with E-state index in [2.05, 4.69) is 17.2 Å². The number of amides is 1. The fourth-order valence-corrected chi connectivity index (χ4v) is 3.15. The minimum Gasteiger partial charge on any atom is -0.349 e. The van der Waals surface area contributed by atoms with Crippen LogP contribution in [0.1, 0.15) is 34.3 Å². The number of carbonyl (C=O) groups is 1. The van der Waals surface area contributed by atoms with Crippen molar-refractivity contribution in [3.05, 3.63) is 62.9 Å². The van der Waals surface area contributed by atoms with E-state index in [1.165, 1.54) is 22.5 Å². The van der Waals surface area contributed by atoms with Gasteiger partial charge in [0.1, 0.15) is 5.82 Å². The largest absolute Gasteiger partial charge is 0.349 e. The molecular formula is C21H24N4O2S. The van der Waals surface area contributed by atoms with Crippen molar-refractivity contribution in [3.63, 3.8) is 0 Å². The molecule has 0 aliphatic heterocycles. The first kappa shape index (κ1) is 19.9. The number of nitrogens with one attached hydrogen (secondary N) is 3. The van der Waals surface area contributed by atoms with Crippen molar-refractivity contribution < 1.29 is 4.79 Å². The molecule has 1 saturated carbocycles. The number of hydrogen-bond acceptors (Lipinski definition) is 5. The van der Waals surface area contributed by atoms with Crippen LogP contribution in [0.15, 0.2) is 40.7 Å². The molecule has 0 bridgehead atoms. The fourth-order valence-electron chi connectivity index (χ4n) is 2.95. The fraction of sp³-hybridized carbons (Fsp3) is 0.286. The summed E-state index contributed by atoms with van der Waals surface area (Å²) in [4.78, 5) is 25.5. The lowest BCUT2D eigenvalue weighted by Gasteiger charge is -2.17. The van der Waals surface area contributed by atoms with Gasteiger partial charge in [0, 0.05) is 36.0 Å². The van der Waals surface area contributed by atoms with Gasteiger partial charge in [-0.05, 0) is 55.3 Å². The van der Waals surface area contributed by atoms with Gasteiger partial charge < -0.3 is 16.0 Å². The number of pyridine rings is 1. The molecule has 0 atom stereocenters. The van der Waals surface area contributed by atoms with Crippen molar-refractivity contribution >= 4 is 29.7 Å². The van der Waals surface area contributed by atoms with Crippen LogP contribution in [0.25, 0.3) is 11.1 Å². The summed E-state index contributed by atoms with van der Waals surface area (Å²) < 4.78 is 1.48. The van der Waals surface area contributed by atoms with Gasteiger partial charge in [-0.25, -0.2) is 0 Å². The molecule has 6 nitrogen and oxygen atoms in total. The van der Waals surface area contributed by atoms with E-state index in [1.54, 1.807) is 25.2 Å². The van der Waals surface area contributed by atoms with Gasteiger partial charge >= 0.3 is 0 Å². The Morgan fingerprint density at radius 3 is 2.64 bits per heavy atom. The Kier molecular flexibility index (Phi) is 5.74. The third-order valence-corrected chi connectivity index (χ3v) is 5.40. The summed E-state index contributed by atoms with van der Waals surface area (Å²) in [6, 6.07) is 7.34. The normalized spacial score (nSPS) is 13.1. The van der Waals surface area contributed by atoms with Gasteiger partial charge in [0.25, 0.3) is 11.5 Å². The predicted molar refractivity (Wildman–Crippen MR) is 117 cm³/mol. The Morgan fingerprint density at radius 1 is 1.32 bits per heavy atom. The molecule has 3 rings (SSSR count). The predicted octanol–water partition coefficient (Wildman–Crippen LogP) is 3.50. The summed E-state index contributed by atoms with van der Waals surface area (Å²) in [6.45, 7) is 5.79. The third kappa shape index (κ3) is 4.04. The van der Waals surface area contributed by atoms with Crippen molar-refractivity contribution in [3.8, 4) is 11.1 Å². The molecule has 0 saturated heterocycles. The number of rotatable bonds is 7. The van der Waals surface area contributed by atoms with Crippen molar-refractivity contribution in [2.24, 2.45) is 7.05 Å². The minimum absolute atomic E-state index is 0.123. The topological polar surface area (TPSA) is 87.0 Å². The highest BCUT2D eigenvalue weighted by atomic mass is 32.2. The number of benzene rings is 1.